The molecule has 4 aromatic rings. The standard InChI is InChI=1S/C36H37F3N8O2/c1-45-21-42-44-34(45)27-6-5-23(16-40)11-28(27)26-14-32(41-9-7-22-3-4-22)43-33(15-26)47-19-30-29(35(47)48)12-25(13-31(30)36(37,38)39)18-46-10-8-24(17-46)20-49-2/h5-6,11-15,21-22,24H,3-4,7-10,17-20H2,1-2H3,(H,41,43). The summed E-state index contributed by atoms with van der Waals surface area (Å²) in [4.78, 5) is 22.3. The number of methoxy groups -OCH3 is 1. The Labute approximate surface area is 282 Å². The minimum Gasteiger partial charge on any atom is -0.384 e. The Bertz CT molecular complexity index is 1930. The quantitative estimate of drug-likeness (QED) is 0.199. The van der Waals surface area contributed by atoms with Crippen molar-refractivity contribution in [2.75, 3.05) is 43.6 Å². The number of aromatic nitrogens is 4. The number of carbonyl (C=O) groups excluding carboxylic acids is 1. The third-order valence-corrected chi connectivity index (χ3v) is 9.64. The lowest BCUT2D eigenvalue weighted by molar-refractivity contribution is -0.138. The van der Waals surface area contributed by atoms with Gasteiger partial charge in [-0.25, -0.2) is 4.98 Å². The molecule has 1 N–H and O–H groups in total. The van der Waals surface area contributed by atoms with E-state index < -0.39 is 17.6 Å². The van der Waals surface area contributed by atoms with Gasteiger partial charge in [0.1, 0.15) is 18.0 Å². The summed E-state index contributed by atoms with van der Waals surface area (Å²) in [5, 5.41) is 21.4. The monoisotopic (exact) mass is 670 g/mol. The molecular formula is C36H37F3N8O2. The van der Waals surface area contributed by atoms with Crippen LogP contribution in [0, 0.1) is 23.2 Å². The first-order valence-electron chi connectivity index (χ1n) is 16.5. The highest BCUT2D eigenvalue weighted by molar-refractivity contribution is 6.10. The molecule has 1 saturated heterocycles. The zero-order valence-corrected chi connectivity index (χ0v) is 27.4. The van der Waals surface area contributed by atoms with Crippen LogP contribution in [0.2, 0.25) is 0 Å². The molecule has 1 saturated carbocycles. The minimum atomic E-state index is -4.65. The number of nitrogens with zero attached hydrogens (tertiary/aromatic N) is 7. The molecule has 1 atom stereocenters. The Balaban J connectivity index is 1.27. The third-order valence-electron chi connectivity index (χ3n) is 9.64. The number of hydrogen-bond acceptors (Lipinski definition) is 8. The number of halogens is 3. The molecule has 4 heterocycles. The van der Waals surface area contributed by atoms with Gasteiger partial charge in [0.05, 0.1) is 30.3 Å². The summed E-state index contributed by atoms with van der Waals surface area (Å²) in [5.41, 5.74) is 2.05. The summed E-state index contributed by atoms with van der Waals surface area (Å²) < 4.78 is 50.8. The first-order chi connectivity index (χ1) is 23.6. The van der Waals surface area contributed by atoms with Crippen molar-refractivity contribution in [3.63, 3.8) is 0 Å². The maximum absolute atomic E-state index is 14.6. The van der Waals surface area contributed by atoms with Gasteiger partial charge in [0.2, 0.25) is 0 Å². The van der Waals surface area contributed by atoms with E-state index in [1.54, 1.807) is 48.3 Å². The van der Waals surface area contributed by atoms with Gasteiger partial charge in [-0.15, -0.1) is 10.2 Å². The number of nitrogens with one attached hydrogen (secondary N) is 1. The molecule has 0 spiro atoms. The van der Waals surface area contributed by atoms with Crippen LogP contribution in [-0.4, -0.2) is 63.9 Å². The third kappa shape index (κ3) is 6.89. The Kier molecular flexibility index (Phi) is 8.85. The predicted molar refractivity (Wildman–Crippen MR) is 177 cm³/mol. The Morgan fingerprint density at radius 2 is 1.90 bits per heavy atom. The number of ether oxygens (including phenoxy) is 1. The second-order valence-electron chi connectivity index (χ2n) is 13.3. The lowest BCUT2D eigenvalue weighted by atomic mass is 9.97. The molecular weight excluding hydrogens is 633 g/mol. The topological polar surface area (TPSA) is 112 Å². The Morgan fingerprint density at radius 1 is 1.06 bits per heavy atom. The number of alkyl halides is 3. The fourth-order valence-corrected chi connectivity index (χ4v) is 6.97. The zero-order valence-electron chi connectivity index (χ0n) is 27.4. The van der Waals surface area contributed by atoms with Gasteiger partial charge in [0.25, 0.3) is 5.91 Å². The molecule has 1 amide bonds. The molecule has 2 aromatic heterocycles. The molecule has 49 heavy (non-hydrogen) atoms. The van der Waals surface area contributed by atoms with E-state index in [-0.39, 0.29) is 23.5 Å². The molecule has 2 fully saturated rings. The lowest BCUT2D eigenvalue weighted by Crippen LogP contribution is -2.24. The smallest absolute Gasteiger partial charge is 0.384 e. The SMILES string of the molecule is COCC1CCN(Cc2cc3c(c(C(F)(F)F)c2)CN(c2cc(-c4cc(C#N)ccc4-c4nncn4C)cc(NCCC4CC4)n2)C3=O)C1. The van der Waals surface area contributed by atoms with Crippen molar-refractivity contribution in [1.29, 1.82) is 5.26 Å². The molecule has 0 bridgehead atoms. The van der Waals surface area contributed by atoms with Crippen LogP contribution in [-0.2, 0) is 31.1 Å². The maximum atomic E-state index is 14.6. The van der Waals surface area contributed by atoms with Gasteiger partial charge in [0.15, 0.2) is 5.82 Å². The number of carbonyl (C=O) groups is 1. The Morgan fingerprint density at radius 3 is 2.61 bits per heavy atom. The molecule has 2 aliphatic heterocycles. The van der Waals surface area contributed by atoms with Crippen molar-refractivity contribution >= 4 is 17.5 Å². The largest absolute Gasteiger partial charge is 0.416 e. The average molecular weight is 671 g/mol. The van der Waals surface area contributed by atoms with Crippen molar-refractivity contribution < 1.29 is 22.7 Å². The number of fused-ring (bicyclic) bond motifs is 1. The molecule has 3 aliphatic rings. The summed E-state index contributed by atoms with van der Waals surface area (Å²) in [7, 11) is 3.46. The fraction of sp³-hybridized carbons (Fsp3) is 0.417. The van der Waals surface area contributed by atoms with Gasteiger partial charge in [0, 0.05) is 44.9 Å². The molecule has 2 aromatic carbocycles. The van der Waals surface area contributed by atoms with Crippen LogP contribution in [0.3, 0.4) is 0 Å². The average Bonchev–Trinajstić information content (AvgIpc) is 3.47. The van der Waals surface area contributed by atoms with Crippen molar-refractivity contribution in [2.24, 2.45) is 18.9 Å². The van der Waals surface area contributed by atoms with Crippen LogP contribution in [0.25, 0.3) is 22.5 Å². The van der Waals surface area contributed by atoms with E-state index in [0.717, 1.165) is 25.9 Å². The van der Waals surface area contributed by atoms with Crippen LogP contribution < -0.4 is 10.2 Å². The van der Waals surface area contributed by atoms with Crippen LogP contribution in [0.5, 0.6) is 0 Å². The number of pyridine rings is 1. The first-order valence-corrected chi connectivity index (χ1v) is 16.5. The van der Waals surface area contributed by atoms with E-state index in [2.05, 4.69) is 26.5 Å². The second kappa shape index (κ2) is 13.2. The van der Waals surface area contributed by atoms with Gasteiger partial charge < -0.3 is 14.6 Å². The van der Waals surface area contributed by atoms with E-state index in [0.29, 0.717) is 71.0 Å². The lowest BCUT2D eigenvalue weighted by Gasteiger charge is -2.19. The number of amides is 1. The minimum absolute atomic E-state index is 0.0409. The molecule has 254 valence electrons. The van der Waals surface area contributed by atoms with Gasteiger partial charge in [-0.3, -0.25) is 14.6 Å². The van der Waals surface area contributed by atoms with Crippen molar-refractivity contribution in [1.82, 2.24) is 24.6 Å². The normalized spacial score (nSPS) is 17.8. The highest BCUT2D eigenvalue weighted by Crippen LogP contribution is 2.41. The second-order valence-corrected chi connectivity index (χ2v) is 13.3. The molecule has 7 rings (SSSR count). The number of rotatable bonds is 11. The molecule has 1 unspecified atom stereocenters. The summed E-state index contributed by atoms with van der Waals surface area (Å²) in [6.07, 6.45) is 1.19. The van der Waals surface area contributed by atoms with Gasteiger partial charge in [-0.05, 0) is 95.9 Å². The van der Waals surface area contributed by atoms with Crippen LogP contribution >= 0.6 is 0 Å². The summed E-state index contributed by atoms with van der Waals surface area (Å²) in [6, 6.07) is 13.7. The van der Waals surface area contributed by atoms with E-state index in [9.17, 15) is 23.2 Å². The molecule has 1 aliphatic carbocycles. The van der Waals surface area contributed by atoms with Crippen LogP contribution in [0.15, 0.2) is 48.8 Å². The van der Waals surface area contributed by atoms with Crippen LogP contribution in [0.1, 0.15) is 58.3 Å². The summed E-state index contributed by atoms with van der Waals surface area (Å²) in [6.45, 7) is 2.78. The van der Waals surface area contributed by atoms with Crippen LogP contribution in [0.4, 0.5) is 24.8 Å². The maximum Gasteiger partial charge on any atom is 0.416 e. The molecule has 10 nitrogen and oxygen atoms in total. The summed E-state index contributed by atoms with van der Waals surface area (Å²) in [5.74, 6) is 1.73. The number of nitriles is 1. The molecule has 13 heteroatoms. The number of hydrogen-bond donors (Lipinski definition) is 1. The van der Waals surface area contributed by atoms with Gasteiger partial charge in [-0.2, -0.15) is 18.4 Å². The highest BCUT2D eigenvalue weighted by atomic mass is 19.4. The van der Waals surface area contributed by atoms with E-state index in [1.807, 2.05) is 13.1 Å². The first kappa shape index (κ1) is 32.7. The van der Waals surface area contributed by atoms with E-state index >= 15 is 0 Å². The fourth-order valence-electron chi connectivity index (χ4n) is 6.97. The van der Waals surface area contributed by atoms with Gasteiger partial charge >= 0.3 is 6.18 Å². The number of likely N-dealkylation sites (tertiary alicyclic amines) is 1. The number of anilines is 2. The summed E-state index contributed by atoms with van der Waals surface area (Å²) >= 11 is 0. The van der Waals surface area contributed by atoms with E-state index in [1.165, 1.54) is 23.8 Å². The Hall–Kier alpha value is -4.80. The molecule has 0 radical (unpaired) electrons. The van der Waals surface area contributed by atoms with Crippen molar-refractivity contribution in [2.45, 2.75) is 44.9 Å². The number of aryl methyl sites for hydroxylation is 1. The zero-order chi connectivity index (χ0) is 34.3. The van der Waals surface area contributed by atoms with E-state index in [4.69, 9.17) is 9.72 Å². The predicted octanol–water partition coefficient (Wildman–Crippen LogP) is 6.28. The van der Waals surface area contributed by atoms with Gasteiger partial charge in [-0.1, -0.05) is 12.8 Å². The van der Waals surface area contributed by atoms with Crippen molar-refractivity contribution in [3.05, 3.63) is 76.6 Å². The highest BCUT2D eigenvalue weighted by Gasteiger charge is 2.41. The number of benzene rings is 2. The van der Waals surface area contributed by atoms with Crippen molar-refractivity contribution in [3.8, 4) is 28.6 Å².